The van der Waals surface area contributed by atoms with Crippen LogP contribution in [0.1, 0.15) is 17.5 Å². The zero-order valence-corrected chi connectivity index (χ0v) is 13.7. The first-order chi connectivity index (χ1) is 10.1. The highest BCUT2D eigenvalue weighted by molar-refractivity contribution is 6.32. The largest absolute Gasteiger partial charge is 0.350 e. The summed E-state index contributed by atoms with van der Waals surface area (Å²) in [5.41, 5.74) is 3.85. The number of benzene rings is 1. The summed E-state index contributed by atoms with van der Waals surface area (Å²) in [5, 5.41) is 5.62. The molecule has 21 heavy (non-hydrogen) atoms. The number of nitrogens with zero attached hydrogens (tertiary/aromatic N) is 2. The Hall–Kier alpha value is -1.03. The van der Waals surface area contributed by atoms with Gasteiger partial charge in [0.1, 0.15) is 0 Å². The molecule has 3 nitrogen and oxygen atoms in total. The maximum atomic E-state index is 6.25. The molecule has 1 saturated heterocycles. The van der Waals surface area contributed by atoms with E-state index in [4.69, 9.17) is 11.6 Å². The topological polar surface area (TPSA) is 20.2 Å². The molecule has 1 aliphatic rings. The Balaban J connectivity index is 1.70. The number of piperazine rings is 1. The molecule has 0 amide bonds. The third-order valence-electron chi connectivity index (χ3n) is 4.48. The summed E-state index contributed by atoms with van der Waals surface area (Å²) < 4.78 is 2.20. The van der Waals surface area contributed by atoms with E-state index in [0.717, 1.165) is 24.5 Å². The van der Waals surface area contributed by atoms with Crippen LogP contribution in [0.3, 0.4) is 0 Å². The van der Waals surface area contributed by atoms with Crippen LogP contribution >= 0.6 is 11.6 Å². The van der Waals surface area contributed by atoms with Gasteiger partial charge in [-0.2, -0.15) is 0 Å². The molecule has 2 heterocycles. The molecule has 2 aromatic rings. The zero-order chi connectivity index (χ0) is 14.8. The van der Waals surface area contributed by atoms with Crippen LogP contribution < -0.4 is 5.32 Å². The van der Waals surface area contributed by atoms with Crippen LogP contribution in [0.2, 0.25) is 5.02 Å². The second-order valence-corrected chi connectivity index (χ2v) is 6.49. The predicted octanol–water partition coefficient (Wildman–Crippen LogP) is 2.98. The summed E-state index contributed by atoms with van der Waals surface area (Å²) in [6.07, 6.45) is 4.63. The van der Waals surface area contributed by atoms with Crippen molar-refractivity contribution >= 4 is 22.5 Å². The second kappa shape index (κ2) is 6.39. The first-order valence-corrected chi connectivity index (χ1v) is 8.20. The van der Waals surface area contributed by atoms with Crippen LogP contribution in [0, 0.1) is 6.92 Å². The number of hydrogen-bond donors (Lipinski definition) is 1. The van der Waals surface area contributed by atoms with Crippen molar-refractivity contribution < 1.29 is 0 Å². The third kappa shape index (κ3) is 3.25. The van der Waals surface area contributed by atoms with E-state index >= 15 is 0 Å². The predicted molar refractivity (Wildman–Crippen MR) is 90.3 cm³/mol. The molecule has 1 N–H and O–H groups in total. The second-order valence-electron chi connectivity index (χ2n) is 6.08. The SMILES string of the molecule is Cc1cc2c(CCCN3CCNCC3)cn(C)c2cc1Cl. The number of aryl methyl sites for hydroxylation is 3. The lowest BCUT2D eigenvalue weighted by molar-refractivity contribution is 0.238. The van der Waals surface area contributed by atoms with Crippen LogP contribution in [0.4, 0.5) is 0 Å². The van der Waals surface area contributed by atoms with Gasteiger partial charge in [-0.1, -0.05) is 11.6 Å². The molecule has 3 rings (SSSR count). The van der Waals surface area contributed by atoms with Gasteiger partial charge < -0.3 is 14.8 Å². The molecule has 0 atom stereocenters. The van der Waals surface area contributed by atoms with Crippen LogP contribution in [0.25, 0.3) is 10.9 Å². The molecular weight excluding hydrogens is 282 g/mol. The number of rotatable bonds is 4. The molecular formula is C17H24ClN3. The van der Waals surface area contributed by atoms with Gasteiger partial charge in [-0.3, -0.25) is 0 Å². The van der Waals surface area contributed by atoms with Gasteiger partial charge >= 0.3 is 0 Å². The Bertz CT molecular complexity index is 626. The molecule has 0 unspecified atom stereocenters. The summed E-state index contributed by atoms with van der Waals surface area (Å²) in [4.78, 5) is 2.56. The van der Waals surface area contributed by atoms with Gasteiger partial charge in [0.2, 0.25) is 0 Å². The van der Waals surface area contributed by atoms with E-state index in [2.05, 4.69) is 47.1 Å². The van der Waals surface area contributed by atoms with Gasteiger partial charge in [-0.25, -0.2) is 0 Å². The molecule has 0 bridgehead atoms. The zero-order valence-electron chi connectivity index (χ0n) is 13.0. The fourth-order valence-electron chi connectivity index (χ4n) is 3.22. The summed E-state index contributed by atoms with van der Waals surface area (Å²) in [7, 11) is 2.10. The maximum Gasteiger partial charge on any atom is 0.0495 e. The molecule has 0 aliphatic carbocycles. The minimum Gasteiger partial charge on any atom is -0.350 e. The first-order valence-electron chi connectivity index (χ1n) is 7.82. The molecule has 1 aliphatic heterocycles. The van der Waals surface area contributed by atoms with Crippen molar-refractivity contribution in [3.8, 4) is 0 Å². The lowest BCUT2D eigenvalue weighted by atomic mass is 10.1. The summed E-state index contributed by atoms with van der Waals surface area (Å²) >= 11 is 6.25. The molecule has 4 heteroatoms. The number of fused-ring (bicyclic) bond motifs is 1. The quantitative estimate of drug-likeness (QED) is 0.937. The van der Waals surface area contributed by atoms with Crippen LogP contribution in [0.15, 0.2) is 18.3 Å². The molecule has 0 radical (unpaired) electrons. The minimum absolute atomic E-state index is 0.857. The standard InChI is InChI=1S/C17H24ClN3/c1-13-10-15-14(12-20(2)17(15)11-16(13)18)4-3-7-21-8-5-19-6-9-21/h10-12,19H,3-9H2,1-2H3. The fraction of sp³-hybridized carbons (Fsp3) is 0.529. The lowest BCUT2D eigenvalue weighted by Gasteiger charge is -2.26. The van der Waals surface area contributed by atoms with Crippen molar-refractivity contribution in [1.82, 2.24) is 14.8 Å². The Morgan fingerprint density at radius 1 is 1.24 bits per heavy atom. The fourth-order valence-corrected chi connectivity index (χ4v) is 3.38. The van der Waals surface area contributed by atoms with Crippen molar-refractivity contribution in [2.24, 2.45) is 7.05 Å². The Labute approximate surface area is 131 Å². The van der Waals surface area contributed by atoms with Crippen molar-refractivity contribution in [3.63, 3.8) is 0 Å². The van der Waals surface area contributed by atoms with Crippen LogP contribution in [-0.4, -0.2) is 42.2 Å². The summed E-state index contributed by atoms with van der Waals surface area (Å²) in [6, 6.07) is 4.32. The number of aromatic nitrogens is 1. The maximum absolute atomic E-state index is 6.25. The van der Waals surface area contributed by atoms with E-state index in [1.54, 1.807) is 0 Å². The van der Waals surface area contributed by atoms with Crippen LogP contribution in [0.5, 0.6) is 0 Å². The van der Waals surface area contributed by atoms with Gasteiger partial charge in [0.05, 0.1) is 0 Å². The van der Waals surface area contributed by atoms with E-state index in [-0.39, 0.29) is 0 Å². The Morgan fingerprint density at radius 2 is 2.00 bits per heavy atom. The molecule has 114 valence electrons. The molecule has 1 fully saturated rings. The average molecular weight is 306 g/mol. The average Bonchev–Trinajstić information content (AvgIpc) is 2.77. The van der Waals surface area contributed by atoms with E-state index in [1.165, 1.54) is 48.1 Å². The number of hydrogen-bond acceptors (Lipinski definition) is 2. The Kier molecular flexibility index (Phi) is 4.53. The highest BCUT2D eigenvalue weighted by Gasteiger charge is 2.11. The van der Waals surface area contributed by atoms with Crippen molar-refractivity contribution in [1.29, 1.82) is 0 Å². The minimum atomic E-state index is 0.857. The van der Waals surface area contributed by atoms with Gasteiger partial charge in [0.15, 0.2) is 0 Å². The molecule has 1 aromatic carbocycles. The van der Waals surface area contributed by atoms with E-state index in [1.807, 2.05) is 0 Å². The van der Waals surface area contributed by atoms with Gasteiger partial charge in [-0.15, -0.1) is 0 Å². The number of nitrogens with one attached hydrogen (secondary N) is 1. The number of halogens is 1. The van der Waals surface area contributed by atoms with Gasteiger partial charge in [0.25, 0.3) is 0 Å². The van der Waals surface area contributed by atoms with Gasteiger partial charge in [-0.05, 0) is 49.6 Å². The van der Waals surface area contributed by atoms with E-state index in [9.17, 15) is 0 Å². The summed E-state index contributed by atoms with van der Waals surface area (Å²) in [5.74, 6) is 0. The van der Waals surface area contributed by atoms with Gasteiger partial charge in [0, 0.05) is 55.3 Å². The third-order valence-corrected chi connectivity index (χ3v) is 4.89. The molecule has 0 saturated carbocycles. The lowest BCUT2D eigenvalue weighted by Crippen LogP contribution is -2.43. The van der Waals surface area contributed by atoms with Crippen molar-refractivity contribution in [3.05, 3.63) is 34.5 Å². The smallest absolute Gasteiger partial charge is 0.0495 e. The Morgan fingerprint density at radius 3 is 2.76 bits per heavy atom. The highest BCUT2D eigenvalue weighted by atomic mass is 35.5. The highest BCUT2D eigenvalue weighted by Crippen LogP contribution is 2.28. The van der Waals surface area contributed by atoms with Crippen LogP contribution in [-0.2, 0) is 13.5 Å². The summed E-state index contributed by atoms with van der Waals surface area (Å²) in [6.45, 7) is 7.91. The molecule has 0 spiro atoms. The van der Waals surface area contributed by atoms with E-state index in [0.29, 0.717) is 0 Å². The van der Waals surface area contributed by atoms with Crippen molar-refractivity contribution in [2.45, 2.75) is 19.8 Å². The normalized spacial score (nSPS) is 16.7. The molecule has 1 aromatic heterocycles. The first kappa shape index (κ1) is 14.9. The van der Waals surface area contributed by atoms with E-state index < -0.39 is 0 Å². The monoisotopic (exact) mass is 305 g/mol. The van der Waals surface area contributed by atoms with Crippen molar-refractivity contribution in [2.75, 3.05) is 32.7 Å².